The molecule has 0 N–H and O–H groups in total. The third-order valence-electron chi connectivity index (χ3n) is 2.64. The van der Waals surface area contributed by atoms with Gasteiger partial charge in [0.15, 0.2) is 0 Å². The molecule has 0 fully saturated rings. The summed E-state index contributed by atoms with van der Waals surface area (Å²) in [6, 6.07) is 0. The van der Waals surface area contributed by atoms with Gasteiger partial charge in [-0.25, -0.2) is 0 Å². The normalized spacial score (nSPS) is 16.9. The van der Waals surface area contributed by atoms with Crippen molar-refractivity contribution in [1.82, 2.24) is 0 Å². The van der Waals surface area contributed by atoms with E-state index in [0.717, 1.165) is 5.92 Å². The molecule has 0 saturated heterocycles. The smallest absolute Gasteiger partial charge is 0.0155 e. The largest absolute Gasteiger partial charge is 0.131 e. The van der Waals surface area contributed by atoms with Crippen LogP contribution in [0, 0.1) is 5.92 Å². The Labute approximate surface area is 74.4 Å². The lowest BCUT2D eigenvalue weighted by Crippen LogP contribution is -2.22. The Morgan fingerprint density at radius 3 is 2.18 bits per heavy atom. The fourth-order valence-electron chi connectivity index (χ4n) is 1.04. The summed E-state index contributed by atoms with van der Waals surface area (Å²) in [6.45, 7) is 9.21. The SMILES string of the molecule is CCCCCC(C)(P)C(C)C. The summed E-state index contributed by atoms with van der Waals surface area (Å²) in [4.78, 5) is 0. The molecule has 0 nitrogen and oxygen atoms in total. The molecule has 68 valence electrons. The topological polar surface area (TPSA) is 0 Å². The highest BCUT2D eigenvalue weighted by molar-refractivity contribution is 7.18. The van der Waals surface area contributed by atoms with Gasteiger partial charge in [-0.05, 0) is 17.5 Å². The highest BCUT2D eigenvalue weighted by atomic mass is 31.0. The molecule has 0 rings (SSSR count). The van der Waals surface area contributed by atoms with Crippen molar-refractivity contribution in [2.75, 3.05) is 0 Å². The van der Waals surface area contributed by atoms with E-state index in [4.69, 9.17) is 0 Å². The Balaban J connectivity index is 3.55. The van der Waals surface area contributed by atoms with Crippen molar-refractivity contribution in [1.29, 1.82) is 0 Å². The van der Waals surface area contributed by atoms with Gasteiger partial charge in [0.1, 0.15) is 0 Å². The fourth-order valence-corrected chi connectivity index (χ4v) is 1.25. The Bertz CT molecular complexity index is 95.0. The van der Waals surface area contributed by atoms with E-state index >= 15 is 0 Å². The van der Waals surface area contributed by atoms with E-state index in [1.165, 1.54) is 25.7 Å². The van der Waals surface area contributed by atoms with Crippen molar-refractivity contribution >= 4 is 9.24 Å². The van der Waals surface area contributed by atoms with Crippen molar-refractivity contribution in [3.05, 3.63) is 0 Å². The van der Waals surface area contributed by atoms with Crippen LogP contribution in [0.3, 0.4) is 0 Å². The minimum Gasteiger partial charge on any atom is -0.131 e. The van der Waals surface area contributed by atoms with E-state index < -0.39 is 0 Å². The lowest BCUT2D eigenvalue weighted by molar-refractivity contribution is 0.420. The second-order valence-corrected chi connectivity index (χ2v) is 5.44. The summed E-state index contributed by atoms with van der Waals surface area (Å²) in [5.74, 6) is 0.782. The Hall–Kier alpha value is 0.430. The molecule has 1 heteroatoms. The Morgan fingerprint density at radius 2 is 1.82 bits per heavy atom. The zero-order valence-electron chi connectivity index (χ0n) is 8.48. The van der Waals surface area contributed by atoms with E-state index in [9.17, 15) is 0 Å². The van der Waals surface area contributed by atoms with Gasteiger partial charge in [-0.1, -0.05) is 47.0 Å². The Kier molecular flexibility index (Phi) is 5.34. The van der Waals surface area contributed by atoms with E-state index in [-0.39, 0.29) is 0 Å². The minimum absolute atomic E-state index is 0.467. The molecule has 0 heterocycles. The van der Waals surface area contributed by atoms with Gasteiger partial charge in [-0.3, -0.25) is 0 Å². The lowest BCUT2D eigenvalue weighted by atomic mass is 9.91. The molecular weight excluding hydrogens is 151 g/mol. The van der Waals surface area contributed by atoms with Crippen LogP contribution in [-0.2, 0) is 0 Å². The van der Waals surface area contributed by atoms with Gasteiger partial charge in [0.2, 0.25) is 0 Å². The first-order chi connectivity index (χ1) is 5.00. The summed E-state index contributed by atoms with van der Waals surface area (Å²) < 4.78 is 0. The number of hydrogen-bond acceptors (Lipinski definition) is 0. The van der Waals surface area contributed by atoms with E-state index in [0.29, 0.717) is 5.16 Å². The van der Waals surface area contributed by atoms with Crippen molar-refractivity contribution in [3.8, 4) is 0 Å². The molecule has 0 saturated carbocycles. The van der Waals surface area contributed by atoms with Crippen LogP contribution >= 0.6 is 9.24 Å². The second kappa shape index (κ2) is 5.14. The lowest BCUT2D eigenvalue weighted by Gasteiger charge is -2.28. The first-order valence-corrected chi connectivity index (χ1v) is 5.37. The number of unbranched alkanes of at least 4 members (excludes halogenated alkanes) is 2. The molecule has 2 unspecified atom stereocenters. The first kappa shape index (κ1) is 11.4. The molecular formula is C10H23P. The van der Waals surface area contributed by atoms with Crippen LogP contribution in [0.5, 0.6) is 0 Å². The maximum Gasteiger partial charge on any atom is -0.0155 e. The molecule has 0 aromatic rings. The van der Waals surface area contributed by atoms with Crippen LogP contribution in [0.25, 0.3) is 0 Å². The van der Waals surface area contributed by atoms with Crippen LogP contribution < -0.4 is 0 Å². The van der Waals surface area contributed by atoms with Crippen LogP contribution in [0.2, 0.25) is 0 Å². The van der Waals surface area contributed by atoms with Crippen molar-refractivity contribution in [2.45, 2.75) is 58.5 Å². The predicted molar refractivity (Wildman–Crippen MR) is 57.1 cm³/mol. The van der Waals surface area contributed by atoms with Gasteiger partial charge in [0, 0.05) is 0 Å². The summed E-state index contributed by atoms with van der Waals surface area (Å²) in [6.07, 6.45) is 5.45. The summed E-state index contributed by atoms with van der Waals surface area (Å²) in [5.41, 5.74) is 0. The number of rotatable bonds is 5. The number of hydrogen-bond donors (Lipinski definition) is 0. The predicted octanol–water partition coefficient (Wildman–Crippen LogP) is 3.86. The van der Waals surface area contributed by atoms with Gasteiger partial charge >= 0.3 is 0 Å². The zero-order chi connectivity index (χ0) is 8.91. The standard InChI is InChI=1S/C10H23P/c1-5-6-7-8-10(4,11)9(2)3/h9H,5-8,11H2,1-4H3. The van der Waals surface area contributed by atoms with Gasteiger partial charge in [0.25, 0.3) is 0 Å². The van der Waals surface area contributed by atoms with Crippen LogP contribution in [0.4, 0.5) is 0 Å². The van der Waals surface area contributed by atoms with Crippen LogP contribution in [0.15, 0.2) is 0 Å². The van der Waals surface area contributed by atoms with Gasteiger partial charge in [0.05, 0.1) is 0 Å². The third-order valence-corrected chi connectivity index (χ3v) is 3.59. The molecule has 2 atom stereocenters. The highest BCUT2D eigenvalue weighted by Crippen LogP contribution is 2.32. The average molecular weight is 174 g/mol. The van der Waals surface area contributed by atoms with Gasteiger partial charge < -0.3 is 0 Å². The summed E-state index contributed by atoms with van der Waals surface area (Å²) in [7, 11) is 3.00. The highest BCUT2D eigenvalue weighted by Gasteiger charge is 2.21. The van der Waals surface area contributed by atoms with E-state index in [2.05, 4.69) is 36.9 Å². The van der Waals surface area contributed by atoms with Gasteiger partial charge in [-0.15, -0.1) is 9.24 Å². The molecule has 0 aliphatic rings. The molecule has 0 radical (unpaired) electrons. The molecule has 0 aromatic heterocycles. The van der Waals surface area contributed by atoms with Gasteiger partial charge in [-0.2, -0.15) is 0 Å². The fraction of sp³-hybridized carbons (Fsp3) is 1.00. The minimum atomic E-state index is 0.467. The molecule has 0 aliphatic heterocycles. The Morgan fingerprint density at radius 1 is 1.27 bits per heavy atom. The molecule has 0 bridgehead atoms. The maximum absolute atomic E-state index is 3.00. The van der Waals surface area contributed by atoms with Crippen molar-refractivity contribution in [3.63, 3.8) is 0 Å². The molecule has 0 aromatic carbocycles. The monoisotopic (exact) mass is 174 g/mol. The van der Waals surface area contributed by atoms with E-state index in [1.54, 1.807) is 0 Å². The average Bonchev–Trinajstić information content (AvgIpc) is 1.88. The van der Waals surface area contributed by atoms with Crippen molar-refractivity contribution in [2.24, 2.45) is 5.92 Å². The van der Waals surface area contributed by atoms with Crippen molar-refractivity contribution < 1.29 is 0 Å². The molecule has 0 amide bonds. The summed E-state index contributed by atoms with van der Waals surface area (Å²) in [5, 5.41) is 0.467. The molecule has 0 spiro atoms. The first-order valence-electron chi connectivity index (χ1n) is 4.79. The third kappa shape index (κ3) is 4.80. The quantitative estimate of drug-likeness (QED) is 0.438. The van der Waals surface area contributed by atoms with Crippen LogP contribution in [0.1, 0.15) is 53.4 Å². The van der Waals surface area contributed by atoms with E-state index in [1.807, 2.05) is 0 Å². The van der Waals surface area contributed by atoms with Crippen LogP contribution in [-0.4, -0.2) is 5.16 Å². The maximum atomic E-state index is 3.00. The second-order valence-electron chi connectivity index (χ2n) is 4.12. The summed E-state index contributed by atoms with van der Waals surface area (Å²) >= 11 is 0. The zero-order valence-corrected chi connectivity index (χ0v) is 9.64. The molecule has 11 heavy (non-hydrogen) atoms. The molecule has 0 aliphatic carbocycles.